The van der Waals surface area contributed by atoms with Gasteiger partial charge in [0.15, 0.2) is 0 Å². The van der Waals surface area contributed by atoms with E-state index in [1.807, 2.05) is 65.4 Å². The summed E-state index contributed by atoms with van der Waals surface area (Å²) < 4.78 is 101. The van der Waals surface area contributed by atoms with Crippen LogP contribution in [0.1, 0.15) is 40.0 Å². The molecule has 0 fully saturated rings. The van der Waals surface area contributed by atoms with Gasteiger partial charge in [-0.2, -0.15) is 0 Å². The lowest BCUT2D eigenvalue weighted by Gasteiger charge is -2.34. The Morgan fingerprint density at radius 1 is 0.488 bits per heavy atom. The molecule has 0 amide bonds. The van der Waals surface area contributed by atoms with Crippen LogP contribution in [0.2, 0.25) is 0 Å². The molecule has 0 bridgehead atoms. The van der Waals surface area contributed by atoms with Crippen molar-refractivity contribution in [2.75, 3.05) is 0 Å². The second-order valence-electron chi connectivity index (χ2n) is 22.9. The lowest BCUT2D eigenvalue weighted by molar-refractivity contribution is -0.571. The molecule has 0 unspecified atom stereocenters. The van der Waals surface area contributed by atoms with Gasteiger partial charge in [0.2, 0.25) is 6.71 Å². The highest BCUT2D eigenvalue weighted by Gasteiger charge is 2.38. The summed E-state index contributed by atoms with van der Waals surface area (Å²) in [7, 11) is 0. The van der Waals surface area contributed by atoms with Crippen LogP contribution >= 0.6 is 0 Å². The Hall–Kier alpha value is -10.6. The molecule has 0 spiro atoms. The highest BCUT2D eigenvalue weighted by atomic mass is 16.5. The number of para-hydroxylation sites is 3. The average molecular weight is 1080 g/mol. The maximum absolute atomic E-state index is 9.14. The smallest absolute Gasteiger partial charge is 0.269 e. The van der Waals surface area contributed by atoms with Crippen LogP contribution in [0.3, 0.4) is 0 Å². The first-order chi connectivity index (χ1) is 45.4. The minimum absolute atomic E-state index is 0.0831. The molecule has 84 heavy (non-hydrogen) atoms. The van der Waals surface area contributed by atoms with E-state index in [0.29, 0.717) is 28.2 Å². The van der Waals surface area contributed by atoms with Gasteiger partial charge in [-0.15, -0.1) is 0 Å². The van der Waals surface area contributed by atoms with E-state index in [2.05, 4.69) is 159 Å². The van der Waals surface area contributed by atoms with Gasteiger partial charge >= 0.3 is 0 Å². The van der Waals surface area contributed by atoms with Crippen LogP contribution < -0.4 is 25.7 Å². The van der Waals surface area contributed by atoms with Crippen LogP contribution in [0.15, 0.2) is 267 Å². The highest BCUT2D eigenvalue weighted by Crippen LogP contribution is 2.44. The molecule has 0 aliphatic carbocycles. The number of hydrogen-bond donors (Lipinski definition) is 0. The van der Waals surface area contributed by atoms with E-state index in [0.717, 1.165) is 44.3 Å². The van der Waals surface area contributed by atoms with Crippen molar-refractivity contribution >= 4 is 77.5 Å². The van der Waals surface area contributed by atoms with Crippen LogP contribution in [-0.2, 0) is 5.41 Å². The van der Waals surface area contributed by atoms with Gasteiger partial charge in [-0.05, 0) is 155 Å². The summed E-state index contributed by atoms with van der Waals surface area (Å²) >= 11 is 0. The van der Waals surface area contributed by atoms with Crippen LogP contribution in [0.4, 0.5) is 0 Å². The molecule has 12 aromatic carbocycles. The standard InChI is InChI=1S/C78H53BN4O/c1-78(2,3)55-40-41-80-73(45-55)83-69-39-36-53(54-43-65-62-30-12-22-51-24-14-32-67(74(51)62)79-68-33-15-25-52-23-13-31-63(75(52)68)66(44-54)76(65)79)42-64(69)61-38-37-58(47-72(61)83)84-57-27-16-26-56(46-57)81-48-82(71-35-11-10-34-70(71)81)77-59(49-18-6-4-7-19-49)28-17-29-60(77)50-20-8-5-9-21-50/h4-47H,1-3H3/i4D,5D,6D,7D,8D,9D,18D,19D,20D,21D. The molecular formula is C78H53BN4O. The van der Waals surface area contributed by atoms with Gasteiger partial charge in [-0.25, -0.2) is 4.98 Å². The normalized spacial score (nSPS) is 14.1. The van der Waals surface area contributed by atoms with E-state index in [4.69, 9.17) is 23.4 Å². The van der Waals surface area contributed by atoms with E-state index in [9.17, 15) is 0 Å². The number of benzene rings is 12. The van der Waals surface area contributed by atoms with Gasteiger partial charge in [-0.1, -0.05) is 225 Å². The zero-order valence-electron chi connectivity index (χ0n) is 55.9. The maximum Gasteiger partial charge on any atom is 0.269 e. The van der Waals surface area contributed by atoms with Crippen LogP contribution in [0.25, 0.3) is 127 Å². The Morgan fingerprint density at radius 2 is 1.11 bits per heavy atom. The fraction of sp³-hybridized carbons (Fsp3) is 0.0513. The first-order valence-electron chi connectivity index (χ1n) is 33.2. The average Bonchev–Trinajstić information content (AvgIpc) is 0.894. The molecule has 394 valence electrons. The first-order valence-corrected chi connectivity index (χ1v) is 28.2. The summed E-state index contributed by atoms with van der Waals surface area (Å²) in [4.78, 5) is 5.05. The number of aromatic nitrogens is 4. The number of imidazole rings is 1. The molecular weight excluding hydrogens is 1020 g/mol. The lowest BCUT2D eigenvalue weighted by atomic mass is 9.31. The van der Waals surface area contributed by atoms with Crippen molar-refractivity contribution in [2.24, 2.45) is 0 Å². The minimum atomic E-state index is -0.570. The van der Waals surface area contributed by atoms with E-state index < -0.39 is 60.4 Å². The molecule has 15 aromatic rings. The molecule has 0 radical (unpaired) electrons. The summed E-state index contributed by atoms with van der Waals surface area (Å²) in [6.07, 6.45) is 5.38. The fourth-order valence-corrected chi connectivity index (χ4v) is 13.4. The zero-order chi connectivity index (χ0) is 64.5. The Labute approximate surface area is 501 Å². The molecule has 5 nitrogen and oxygen atoms in total. The maximum atomic E-state index is 9.14. The van der Waals surface area contributed by atoms with Gasteiger partial charge < -0.3 is 4.74 Å². The molecule has 0 saturated carbocycles. The molecule has 2 aliphatic rings. The van der Waals surface area contributed by atoms with Gasteiger partial charge in [0.1, 0.15) is 17.3 Å². The molecule has 0 N–H and O–H groups in total. The third-order valence-corrected chi connectivity index (χ3v) is 17.1. The molecule has 0 saturated heterocycles. The summed E-state index contributed by atoms with van der Waals surface area (Å²) in [5.41, 5.74) is 16.2. The first kappa shape index (κ1) is 39.0. The minimum Gasteiger partial charge on any atom is -0.458 e. The largest absolute Gasteiger partial charge is 0.458 e. The number of hydrogen-bond acceptors (Lipinski definition) is 2. The van der Waals surface area contributed by atoms with Crippen molar-refractivity contribution in [3.05, 3.63) is 279 Å². The Morgan fingerprint density at radius 3 is 1.79 bits per heavy atom. The van der Waals surface area contributed by atoms with Gasteiger partial charge in [0.25, 0.3) is 6.33 Å². The highest BCUT2D eigenvalue weighted by molar-refractivity contribution is 7.01. The van der Waals surface area contributed by atoms with Gasteiger partial charge in [-0.3, -0.25) is 13.7 Å². The molecule has 3 aromatic heterocycles. The number of nitrogens with zero attached hydrogens (tertiary/aromatic N) is 4. The summed E-state index contributed by atoms with van der Waals surface area (Å²) in [6.45, 7) is 6.70. The number of ether oxygens (including phenoxy) is 1. The van der Waals surface area contributed by atoms with Gasteiger partial charge in [0.05, 0.1) is 47.1 Å². The second kappa shape index (κ2) is 18.5. The summed E-state index contributed by atoms with van der Waals surface area (Å²) in [6, 6.07) is 63.5. The van der Waals surface area contributed by atoms with Crippen LogP contribution in [0, 0.1) is 6.33 Å². The molecule has 2 aliphatic heterocycles. The second-order valence-corrected chi connectivity index (χ2v) is 22.9. The predicted molar refractivity (Wildman–Crippen MR) is 348 cm³/mol. The van der Waals surface area contributed by atoms with Crippen molar-refractivity contribution < 1.29 is 23.0 Å². The number of fused-ring (bicyclic) bond motifs is 8. The quantitative estimate of drug-likeness (QED) is 0.0864. The summed E-state index contributed by atoms with van der Waals surface area (Å²) in [5, 5.41) is 7.16. The Kier molecular flexibility index (Phi) is 8.58. The summed E-state index contributed by atoms with van der Waals surface area (Å²) in [5.74, 6) is 1.84. The molecule has 5 heterocycles. The molecule has 6 heteroatoms. The van der Waals surface area contributed by atoms with Gasteiger partial charge in [0, 0.05) is 23.0 Å². The van der Waals surface area contributed by atoms with E-state index in [-0.39, 0.29) is 40.1 Å². The topological polar surface area (TPSA) is 35.9 Å². The lowest BCUT2D eigenvalue weighted by Crippen LogP contribution is -2.57. The van der Waals surface area contributed by atoms with Crippen LogP contribution in [-0.4, -0.2) is 20.8 Å². The Bertz CT molecular complexity index is 5610. The molecule has 17 rings (SSSR count). The monoisotopic (exact) mass is 1080 g/mol. The van der Waals surface area contributed by atoms with E-state index in [1.54, 1.807) is 22.8 Å². The number of pyridine rings is 1. The molecule has 0 atom stereocenters. The van der Waals surface area contributed by atoms with Crippen molar-refractivity contribution in [1.29, 1.82) is 0 Å². The Balaban J connectivity index is 0.813. The third-order valence-electron chi connectivity index (χ3n) is 17.1. The SMILES string of the molecule is [2H]c1c([2H])c([2H])c(-c2cccc(-c3c([2H])c([2H])c([2H])c([2H])c3[2H])c2-[n+]2[c-]n(-c3cccc(Oc4ccc5c6cc(-c7cc8c9c(c7)-c7cccc%10cccc(c7%10)B9c7cccc9cccc-8c79)ccc6n(-c6cc(C(C)(C)C)ccn6)c5c4)c3)c3ccccc32)c([2H])c1[2H]. The van der Waals surface area contributed by atoms with E-state index >= 15 is 0 Å². The van der Waals surface area contributed by atoms with E-state index in [1.165, 1.54) is 60.2 Å². The third kappa shape index (κ3) is 7.43. The van der Waals surface area contributed by atoms with Crippen molar-refractivity contribution in [3.63, 3.8) is 0 Å². The van der Waals surface area contributed by atoms with Crippen molar-refractivity contribution in [1.82, 2.24) is 14.1 Å². The zero-order valence-corrected chi connectivity index (χ0v) is 45.9. The fourth-order valence-electron chi connectivity index (χ4n) is 13.4. The predicted octanol–water partition coefficient (Wildman–Crippen LogP) is 17.1. The van der Waals surface area contributed by atoms with Crippen molar-refractivity contribution in [2.45, 2.75) is 26.2 Å². The van der Waals surface area contributed by atoms with Crippen LogP contribution in [0.5, 0.6) is 11.5 Å². The van der Waals surface area contributed by atoms with Crippen molar-refractivity contribution in [3.8, 4) is 84.3 Å². The number of rotatable bonds is 8.